The number of aryl methyl sites for hydroxylation is 1. The van der Waals surface area contributed by atoms with E-state index in [1.165, 1.54) is 99.5 Å². The fourth-order valence-corrected chi connectivity index (χ4v) is 10.9. The number of rotatable bonds is 9. The third-order valence-corrected chi connectivity index (χ3v) is 14.2. The first-order chi connectivity index (χ1) is 34.7. The van der Waals surface area contributed by atoms with Crippen molar-refractivity contribution in [1.29, 1.82) is 0 Å². The molecule has 0 N–H and O–H groups in total. The van der Waals surface area contributed by atoms with Crippen molar-refractivity contribution in [1.82, 2.24) is 4.57 Å². The normalized spacial score (nSPS) is 12.1. The minimum Gasteiger partial charge on any atom is -0.310 e. The second-order valence-electron chi connectivity index (χ2n) is 18.4. The van der Waals surface area contributed by atoms with Crippen molar-refractivity contribution >= 4 is 55.7 Å². The van der Waals surface area contributed by atoms with Crippen LogP contribution in [0.15, 0.2) is 261 Å². The molecular weight excluding hydrogens is 845 g/mol. The van der Waals surface area contributed by atoms with E-state index in [1.807, 2.05) is 0 Å². The molecule has 0 atom stereocenters. The van der Waals surface area contributed by atoms with Gasteiger partial charge in [0.15, 0.2) is 0 Å². The van der Waals surface area contributed by atoms with Gasteiger partial charge in [-0.1, -0.05) is 188 Å². The highest BCUT2D eigenvalue weighted by Gasteiger charge is 2.23. The predicted molar refractivity (Wildman–Crippen MR) is 298 cm³/mol. The number of fused-ring (bicyclic) bond motifs is 6. The van der Waals surface area contributed by atoms with E-state index >= 15 is 0 Å². The molecule has 12 aromatic rings. The lowest BCUT2D eigenvalue weighted by molar-refractivity contribution is 0.985. The Morgan fingerprint density at radius 1 is 0.357 bits per heavy atom. The average Bonchev–Trinajstić information content (AvgIpc) is 3.79. The molecule has 0 radical (unpaired) electrons. The van der Waals surface area contributed by atoms with Crippen LogP contribution in [-0.4, -0.2) is 4.57 Å². The molecule has 0 saturated carbocycles. The van der Waals surface area contributed by atoms with E-state index in [1.54, 1.807) is 0 Å². The van der Waals surface area contributed by atoms with Gasteiger partial charge in [-0.3, -0.25) is 0 Å². The summed E-state index contributed by atoms with van der Waals surface area (Å²) >= 11 is 0. The number of hydrogen-bond acceptors (Lipinski definition) is 1. The van der Waals surface area contributed by atoms with Crippen molar-refractivity contribution < 1.29 is 0 Å². The number of anilines is 3. The summed E-state index contributed by atoms with van der Waals surface area (Å²) in [6.45, 7) is 0. The molecule has 70 heavy (non-hydrogen) atoms. The zero-order valence-corrected chi connectivity index (χ0v) is 38.7. The van der Waals surface area contributed by atoms with Crippen LogP contribution >= 0.6 is 0 Å². The number of para-hydroxylation sites is 2. The van der Waals surface area contributed by atoms with Crippen LogP contribution in [0.3, 0.4) is 0 Å². The van der Waals surface area contributed by atoms with Crippen LogP contribution in [0.1, 0.15) is 17.5 Å². The second kappa shape index (κ2) is 17.6. The standard InChI is InChI=1S/C68H48N2/c1-4-18-47(19-5-1)54-42-55(48-20-6-2-7-21-48)44-56(43-54)49-34-38-58(39-35-49)69(59-40-36-51(37-41-59)62-32-17-24-50-22-10-12-29-61(50)62)60-28-16-25-52(45-60)65-46-53-23-11-13-30-63(53)68-67(65)64-31-14-15-33-66(64)70(68)57-26-8-3-9-27-57/h1-12,14-29,31-46H,13,30H2. The molecule has 0 bridgehead atoms. The summed E-state index contributed by atoms with van der Waals surface area (Å²) in [4.78, 5) is 2.42. The summed E-state index contributed by atoms with van der Waals surface area (Å²) in [5.41, 5.74) is 21.7. The molecule has 1 aliphatic rings. The summed E-state index contributed by atoms with van der Waals surface area (Å²) in [6.07, 6.45) is 6.71. The van der Waals surface area contributed by atoms with Gasteiger partial charge in [-0.05, 0) is 169 Å². The molecule has 0 unspecified atom stereocenters. The van der Waals surface area contributed by atoms with E-state index in [4.69, 9.17) is 0 Å². The molecule has 0 aliphatic heterocycles. The number of nitrogens with zero attached hydrogens (tertiary/aromatic N) is 2. The molecule has 0 spiro atoms. The van der Waals surface area contributed by atoms with Crippen LogP contribution in [0, 0.1) is 0 Å². The molecule has 2 nitrogen and oxygen atoms in total. The van der Waals surface area contributed by atoms with E-state index in [0.29, 0.717) is 0 Å². The Bertz CT molecular complexity index is 3840. The molecule has 0 saturated heterocycles. The molecule has 0 amide bonds. The molecule has 13 rings (SSSR count). The number of aromatic nitrogens is 1. The zero-order valence-electron chi connectivity index (χ0n) is 38.7. The van der Waals surface area contributed by atoms with Gasteiger partial charge in [0, 0.05) is 33.5 Å². The highest BCUT2D eigenvalue weighted by molar-refractivity contribution is 6.18. The van der Waals surface area contributed by atoms with E-state index < -0.39 is 0 Å². The maximum absolute atomic E-state index is 2.50. The molecule has 1 aliphatic carbocycles. The second-order valence-corrected chi connectivity index (χ2v) is 18.4. The van der Waals surface area contributed by atoms with Gasteiger partial charge in [0.2, 0.25) is 0 Å². The van der Waals surface area contributed by atoms with Crippen molar-refractivity contribution in [2.24, 2.45) is 0 Å². The monoisotopic (exact) mass is 892 g/mol. The van der Waals surface area contributed by atoms with Gasteiger partial charge >= 0.3 is 0 Å². The maximum atomic E-state index is 2.50. The van der Waals surface area contributed by atoms with E-state index in [-0.39, 0.29) is 0 Å². The van der Waals surface area contributed by atoms with Crippen LogP contribution in [0.5, 0.6) is 0 Å². The first-order valence-electron chi connectivity index (χ1n) is 24.4. The van der Waals surface area contributed by atoms with E-state index in [0.717, 1.165) is 35.5 Å². The highest BCUT2D eigenvalue weighted by Crippen LogP contribution is 2.46. The van der Waals surface area contributed by atoms with Crippen LogP contribution in [0.25, 0.3) is 100.0 Å². The summed E-state index contributed by atoms with van der Waals surface area (Å²) in [5, 5.41) is 5.06. The average molecular weight is 893 g/mol. The van der Waals surface area contributed by atoms with Crippen LogP contribution in [-0.2, 0) is 6.42 Å². The van der Waals surface area contributed by atoms with Gasteiger partial charge in [-0.15, -0.1) is 0 Å². The van der Waals surface area contributed by atoms with E-state index in [9.17, 15) is 0 Å². The Kier molecular flexibility index (Phi) is 10.4. The van der Waals surface area contributed by atoms with Crippen molar-refractivity contribution in [3.63, 3.8) is 0 Å². The quantitative estimate of drug-likeness (QED) is 0.140. The molecule has 2 heteroatoms. The third-order valence-electron chi connectivity index (χ3n) is 14.2. The van der Waals surface area contributed by atoms with Crippen molar-refractivity contribution in [3.05, 3.63) is 272 Å². The van der Waals surface area contributed by atoms with Gasteiger partial charge in [-0.25, -0.2) is 0 Å². The molecule has 11 aromatic carbocycles. The summed E-state index contributed by atoms with van der Waals surface area (Å²) in [7, 11) is 0. The Labute approximate surface area is 409 Å². The molecule has 1 heterocycles. The number of benzene rings is 11. The molecule has 1 aromatic heterocycles. The van der Waals surface area contributed by atoms with Gasteiger partial charge < -0.3 is 9.47 Å². The Balaban J connectivity index is 0.972. The summed E-state index contributed by atoms with van der Waals surface area (Å²) in [5.74, 6) is 0. The smallest absolute Gasteiger partial charge is 0.0585 e. The third kappa shape index (κ3) is 7.39. The fraction of sp³-hybridized carbons (Fsp3) is 0.0294. The Hall–Kier alpha value is -8.98. The number of allylic oxidation sites excluding steroid dienone is 1. The van der Waals surface area contributed by atoms with Gasteiger partial charge in [0.1, 0.15) is 0 Å². The van der Waals surface area contributed by atoms with Gasteiger partial charge in [0.25, 0.3) is 0 Å². The summed E-state index contributed by atoms with van der Waals surface area (Å²) < 4.78 is 2.50. The molecular formula is C68H48N2. The van der Waals surface area contributed by atoms with Gasteiger partial charge in [-0.2, -0.15) is 0 Å². The highest BCUT2D eigenvalue weighted by atomic mass is 15.1. The van der Waals surface area contributed by atoms with Crippen LogP contribution in [0.4, 0.5) is 17.1 Å². The maximum Gasteiger partial charge on any atom is 0.0585 e. The lowest BCUT2D eigenvalue weighted by atomic mass is 9.89. The minimum absolute atomic E-state index is 1.01. The Morgan fingerprint density at radius 2 is 0.900 bits per heavy atom. The summed E-state index contributed by atoms with van der Waals surface area (Å²) in [6, 6.07) is 93.3. The first kappa shape index (κ1) is 41.2. The van der Waals surface area contributed by atoms with Crippen molar-refractivity contribution in [3.8, 4) is 61.3 Å². The molecule has 0 fully saturated rings. The van der Waals surface area contributed by atoms with Crippen LogP contribution < -0.4 is 4.90 Å². The lowest BCUT2D eigenvalue weighted by Crippen LogP contribution is -2.10. The first-order valence-corrected chi connectivity index (χ1v) is 24.4. The van der Waals surface area contributed by atoms with Crippen LogP contribution in [0.2, 0.25) is 0 Å². The Morgan fingerprint density at radius 3 is 1.59 bits per heavy atom. The van der Waals surface area contributed by atoms with E-state index in [2.05, 4.69) is 276 Å². The van der Waals surface area contributed by atoms with Crippen molar-refractivity contribution in [2.45, 2.75) is 12.8 Å². The topological polar surface area (TPSA) is 8.17 Å². The SMILES string of the molecule is C1=Cc2cc(-c3cccc(N(c4ccc(-c5cc(-c6ccccc6)cc(-c6ccccc6)c5)cc4)c4ccc(-c5cccc6ccccc56)cc4)c3)c3c4ccccc4n(-c4ccccc4)c3c2CC1. The predicted octanol–water partition coefficient (Wildman–Crippen LogP) is 18.7. The lowest BCUT2D eigenvalue weighted by Gasteiger charge is -2.27. The number of hydrogen-bond donors (Lipinski definition) is 0. The van der Waals surface area contributed by atoms with Crippen molar-refractivity contribution in [2.75, 3.05) is 4.90 Å². The zero-order chi connectivity index (χ0) is 46.4. The molecule has 330 valence electrons. The minimum atomic E-state index is 1.01. The van der Waals surface area contributed by atoms with Gasteiger partial charge in [0.05, 0.1) is 11.0 Å². The fourth-order valence-electron chi connectivity index (χ4n) is 10.9. The largest absolute Gasteiger partial charge is 0.310 e.